The van der Waals surface area contributed by atoms with E-state index in [9.17, 15) is 4.79 Å². The average molecular weight is 394 g/mol. The standard InChI is InChI=1S/C23H20ClNO3/c24-21-4-2-1-3-20(21)23-12-10-19(28-23)9-11-22(26)17-5-7-18(8-6-17)25-13-15-27-16-14-25/h1-12H,13-16H2. The van der Waals surface area contributed by atoms with E-state index >= 15 is 0 Å². The number of carbonyl (C=O) groups excluding carboxylic acids is 1. The van der Waals surface area contributed by atoms with Crippen LogP contribution in [-0.4, -0.2) is 32.1 Å². The normalized spacial score (nSPS) is 14.5. The van der Waals surface area contributed by atoms with Crippen molar-refractivity contribution >= 4 is 29.1 Å². The van der Waals surface area contributed by atoms with E-state index in [1.165, 1.54) is 6.08 Å². The van der Waals surface area contributed by atoms with E-state index in [-0.39, 0.29) is 5.78 Å². The zero-order chi connectivity index (χ0) is 19.3. The third-order valence-corrected chi connectivity index (χ3v) is 5.02. The number of halogens is 1. The van der Waals surface area contributed by atoms with E-state index in [1.54, 1.807) is 6.08 Å². The van der Waals surface area contributed by atoms with E-state index < -0.39 is 0 Å². The van der Waals surface area contributed by atoms with Crippen molar-refractivity contribution in [2.24, 2.45) is 0 Å². The molecule has 0 radical (unpaired) electrons. The Morgan fingerprint density at radius 3 is 2.46 bits per heavy atom. The van der Waals surface area contributed by atoms with Crippen LogP contribution >= 0.6 is 11.6 Å². The Balaban J connectivity index is 1.43. The van der Waals surface area contributed by atoms with E-state index in [4.69, 9.17) is 20.8 Å². The molecule has 3 aromatic rings. The zero-order valence-corrected chi connectivity index (χ0v) is 16.1. The van der Waals surface area contributed by atoms with Gasteiger partial charge in [0.2, 0.25) is 0 Å². The Labute approximate surface area is 169 Å². The predicted octanol–water partition coefficient (Wildman–Crippen LogP) is 5.33. The van der Waals surface area contributed by atoms with Gasteiger partial charge in [0.1, 0.15) is 11.5 Å². The highest BCUT2D eigenvalue weighted by atomic mass is 35.5. The summed E-state index contributed by atoms with van der Waals surface area (Å²) in [5.41, 5.74) is 2.58. The molecule has 0 amide bonds. The van der Waals surface area contributed by atoms with Crippen LogP contribution in [0.25, 0.3) is 17.4 Å². The summed E-state index contributed by atoms with van der Waals surface area (Å²) in [7, 11) is 0. The second-order valence-electron chi connectivity index (χ2n) is 6.53. The zero-order valence-electron chi connectivity index (χ0n) is 15.3. The van der Waals surface area contributed by atoms with Crippen LogP contribution in [0, 0.1) is 0 Å². The Bertz CT molecular complexity index is 985. The predicted molar refractivity (Wildman–Crippen MR) is 112 cm³/mol. The van der Waals surface area contributed by atoms with Gasteiger partial charge in [-0.3, -0.25) is 4.79 Å². The minimum Gasteiger partial charge on any atom is -0.457 e. The van der Waals surface area contributed by atoms with Gasteiger partial charge < -0.3 is 14.1 Å². The lowest BCUT2D eigenvalue weighted by atomic mass is 10.1. The molecule has 1 saturated heterocycles. The summed E-state index contributed by atoms with van der Waals surface area (Å²) in [6, 6.07) is 18.8. The molecule has 2 heterocycles. The molecular weight excluding hydrogens is 374 g/mol. The number of furan rings is 1. The summed E-state index contributed by atoms with van der Waals surface area (Å²) in [5.74, 6) is 1.21. The molecule has 1 fully saturated rings. The molecule has 1 aliphatic heterocycles. The number of anilines is 1. The first kappa shape index (κ1) is 18.5. The number of ketones is 1. The maximum Gasteiger partial charge on any atom is 0.185 e. The van der Waals surface area contributed by atoms with Crippen LogP contribution in [0.1, 0.15) is 16.1 Å². The van der Waals surface area contributed by atoms with Gasteiger partial charge in [-0.2, -0.15) is 0 Å². The van der Waals surface area contributed by atoms with Gasteiger partial charge in [0, 0.05) is 29.9 Å². The van der Waals surface area contributed by atoms with Gasteiger partial charge in [0.25, 0.3) is 0 Å². The van der Waals surface area contributed by atoms with Gasteiger partial charge in [-0.1, -0.05) is 23.7 Å². The molecule has 0 bridgehead atoms. The Morgan fingerprint density at radius 2 is 1.71 bits per heavy atom. The molecule has 1 aliphatic rings. The highest BCUT2D eigenvalue weighted by Crippen LogP contribution is 2.29. The smallest absolute Gasteiger partial charge is 0.185 e. The first-order chi connectivity index (χ1) is 13.7. The number of allylic oxidation sites excluding steroid dienone is 1. The third-order valence-electron chi connectivity index (χ3n) is 4.69. The number of nitrogens with zero attached hydrogens (tertiary/aromatic N) is 1. The average Bonchev–Trinajstić information content (AvgIpc) is 3.22. The number of ether oxygens (including phenoxy) is 1. The van der Waals surface area contributed by atoms with E-state index in [1.807, 2.05) is 60.7 Å². The third kappa shape index (κ3) is 4.19. The molecule has 28 heavy (non-hydrogen) atoms. The van der Waals surface area contributed by atoms with Crippen molar-refractivity contribution in [2.45, 2.75) is 0 Å². The molecule has 0 unspecified atom stereocenters. The van der Waals surface area contributed by atoms with Crippen molar-refractivity contribution in [3.63, 3.8) is 0 Å². The van der Waals surface area contributed by atoms with Crippen LogP contribution in [-0.2, 0) is 4.74 Å². The number of carbonyl (C=O) groups is 1. The SMILES string of the molecule is O=C(C=Cc1ccc(-c2ccccc2Cl)o1)c1ccc(N2CCOCC2)cc1. The van der Waals surface area contributed by atoms with Gasteiger partial charge in [-0.05, 0) is 60.7 Å². The topological polar surface area (TPSA) is 42.7 Å². The molecule has 4 nitrogen and oxygen atoms in total. The van der Waals surface area contributed by atoms with Crippen molar-refractivity contribution in [1.82, 2.24) is 0 Å². The van der Waals surface area contributed by atoms with E-state index in [0.29, 0.717) is 22.1 Å². The lowest BCUT2D eigenvalue weighted by Gasteiger charge is -2.28. The number of benzene rings is 2. The molecule has 0 spiro atoms. The second kappa shape index (κ2) is 8.46. The van der Waals surface area contributed by atoms with Crippen molar-refractivity contribution < 1.29 is 13.9 Å². The van der Waals surface area contributed by atoms with E-state index in [2.05, 4.69) is 4.90 Å². The first-order valence-corrected chi connectivity index (χ1v) is 9.58. The molecule has 1 aromatic heterocycles. The summed E-state index contributed by atoms with van der Waals surface area (Å²) < 4.78 is 11.2. The monoisotopic (exact) mass is 393 g/mol. The molecule has 0 saturated carbocycles. The van der Waals surface area contributed by atoms with Gasteiger partial charge in [0.15, 0.2) is 5.78 Å². The summed E-state index contributed by atoms with van der Waals surface area (Å²) in [5, 5.41) is 0.629. The summed E-state index contributed by atoms with van der Waals surface area (Å²) >= 11 is 6.20. The molecular formula is C23H20ClNO3. The molecule has 142 valence electrons. The fourth-order valence-corrected chi connectivity index (χ4v) is 3.39. The largest absolute Gasteiger partial charge is 0.457 e. The number of hydrogen-bond acceptors (Lipinski definition) is 4. The van der Waals surface area contributed by atoms with Gasteiger partial charge in [0.05, 0.1) is 18.2 Å². The highest BCUT2D eigenvalue weighted by molar-refractivity contribution is 6.33. The summed E-state index contributed by atoms with van der Waals surface area (Å²) in [6.45, 7) is 3.23. The summed E-state index contributed by atoms with van der Waals surface area (Å²) in [6.07, 6.45) is 3.21. The fourth-order valence-electron chi connectivity index (χ4n) is 3.16. The van der Waals surface area contributed by atoms with E-state index in [0.717, 1.165) is 37.6 Å². The molecule has 0 atom stereocenters. The van der Waals surface area contributed by atoms with Gasteiger partial charge >= 0.3 is 0 Å². The quantitative estimate of drug-likeness (QED) is 0.434. The highest BCUT2D eigenvalue weighted by Gasteiger charge is 2.12. The van der Waals surface area contributed by atoms with Crippen LogP contribution in [0.2, 0.25) is 5.02 Å². The van der Waals surface area contributed by atoms with Crippen molar-refractivity contribution in [1.29, 1.82) is 0 Å². The lowest BCUT2D eigenvalue weighted by molar-refractivity contribution is 0.104. The van der Waals surface area contributed by atoms with Crippen molar-refractivity contribution in [3.05, 3.63) is 83.1 Å². The summed E-state index contributed by atoms with van der Waals surface area (Å²) in [4.78, 5) is 14.7. The van der Waals surface area contributed by atoms with Crippen molar-refractivity contribution in [2.75, 3.05) is 31.2 Å². The van der Waals surface area contributed by atoms with Crippen LogP contribution in [0.15, 0.2) is 71.2 Å². The van der Waals surface area contributed by atoms with Crippen LogP contribution in [0.4, 0.5) is 5.69 Å². The molecule has 2 aromatic carbocycles. The molecule has 5 heteroatoms. The fraction of sp³-hybridized carbons (Fsp3) is 0.174. The number of morpholine rings is 1. The van der Waals surface area contributed by atoms with Crippen LogP contribution in [0.3, 0.4) is 0 Å². The Kier molecular flexibility index (Phi) is 5.60. The first-order valence-electron chi connectivity index (χ1n) is 9.20. The maximum atomic E-state index is 12.5. The van der Waals surface area contributed by atoms with Crippen molar-refractivity contribution in [3.8, 4) is 11.3 Å². The molecule has 0 N–H and O–H groups in total. The van der Waals surface area contributed by atoms with Crippen LogP contribution in [0.5, 0.6) is 0 Å². The van der Waals surface area contributed by atoms with Crippen LogP contribution < -0.4 is 4.90 Å². The maximum absolute atomic E-state index is 12.5. The molecule has 4 rings (SSSR count). The number of hydrogen-bond donors (Lipinski definition) is 0. The Hall–Kier alpha value is -2.82. The van der Waals surface area contributed by atoms with Gasteiger partial charge in [-0.15, -0.1) is 0 Å². The second-order valence-corrected chi connectivity index (χ2v) is 6.93. The minimum atomic E-state index is -0.0655. The molecule has 0 aliphatic carbocycles. The lowest BCUT2D eigenvalue weighted by Crippen LogP contribution is -2.36. The minimum absolute atomic E-state index is 0.0655. The number of rotatable bonds is 5. The van der Waals surface area contributed by atoms with Gasteiger partial charge in [-0.25, -0.2) is 0 Å². The Morgan fingerprint density at radius 1 is 0.964 bits per heavy atom.